The van der Waals surface area contributed by atoms with Crippen molar-refractivity contribution in [1.29, 1.82) is 0 Å². The lowest BCUT2D eigenvalue weighted by Crippen LogP contribution is -2.14. The van der Waals surface area contributed by atoms with Gasteiger partial charge in [-0.25, -0.2) is 8.78 Å². The van der Waals surface area contributed by atoms with Gasteiger partial charge in [0.05, 0.1) is 0 Å². The second-order valence-electron chi connectivity index (χ2n) is 4.60. The lowest BCUT2D eigenvalue weighted by Gasteiger charge is -2.10. The van der Waals surface area contributed by atoms with Crippen LogP contribution in [0.2, 0.25) is 0 Å². The van der Waals surface area contributed by atoms with Gasteiger partial charge in [-0.3, -0.25) is 4.79 Å². The first kappa shape index (κ1) is 13.4. The van der Waals surface area contributed by atoms with Gasteiger partial charge < -0.3 is 0 Å². The third-order valence-corrected chi connectivity index (χ3v) is 3.03. The number of carbonyl (C=O) groups is 1. The van der Waals surface area contributed by atoms with Gasteiger partial charge in [-0.2, -0.15) is 0 Å². The van der Waals surface area contributed by atoms with Gasteiger partial charge in [-0.1, -0.05) is 19.1 Å². The van der Waals surface area contributed by atoms with E-state index in [1.807, 2.05) is 6.92 Å². The molecule has 0 N–H and O–H groups in total. The van der Waals surface area contributed by atoms with Crippen molar-refractivity contribution in [2.75, 3.05) is 0 Å². The Balaban J connectivity index is 2.07. The maximum Gasteiger partial charge on any atom is 0.165 e. The molecule has 0 saturated heterocycles. The van der Waals surface area contributed by atoms with Crippen molar-refractivity contribution in [3.8, 4) is 0 Å². The quantitative estimate of drug-likeness (QED) is 0.759. The van der Waals surface area contributed by atoms with Crippen molar-refractivity contribution >= 4 is 5.78 Å². The molecule has 0 aromatic heterocycles. The number of carbonyl (C=O) groups excluding carboxylic acids is 1. The summed E-state index contributed by atoms with van der Waals surface area (Å²) in [7, 11) is 0. The first-order chi connectivity index (χ1) is 9.06. The third kappa shape index (κ3) is 3.47. The maximum absolute atomic E-state index is 12.8. The molecule has 0 aliphatic rings. The molecular formula is C16H14F2O. The summed E-state index contributed by atoms with van der Waals surface area (Å²) in [5.74, 6) is -0.913. The summed E-state index contributed by atoms with van der Waals surface area (Å²) >= 11 is 0. The summed E-state index contributed by atoms with van der Waals surface area (Å²) < 4.78 is 25.6. The maximum atomic E-state index is 12.8. The van der Waals surface area contributed by atoms with E-state index in [2.05, 4.69) is 0 Å². The van der Waals surface area contributed by atoms with E-state index in [-0.39, 0.29) is 23.3 Å². The zero-order valence-electron chi connectivity index (χ0n) is 10.6. The number of hydrogen-bond donors (Lipinski definition) is 0. The summed E-state index contributed by atoms with van der Waals surface area (Å²) in [4.78, 5) is 12.1. The molecule has 0 unspecified atom stereocenters. The zero-order valence-corrected chi connectivity index (χ0v) is 10.6. The highest BCUT2D eigenvalue weighted by Gasteiger charge is 2.15. The second-order valence-corrected chi connectivity index (χ2v) is 4.60. The molecule has 0 amide bonds. The van der Waals surface area contributed by atoms with Gasteiger partial charge in [0.2, 0.25) is 0 Å². The minimum atomic E-state index is -0.359. The fraction of sp³-hybridized carbons (Fsp3) is 0.188. The Morgan fingerprint density at radius 3 is 1.95 bits per heavy atom. The van der Waals surface area contributed by atoms with Crippen LogP contribution in [0.1, 0.15) is 22.8 Å². The predicted molar refractivity (Wildman–Crippen MR) is 70.0 cm³/mol. The number of ketones is 1. The fourth-order valence-electron chi connectivity index (χ4n) is 1.97. The summed E-state index contributed by atoms with van der Waals surface area (Å²) in [5, 5.41) is 0. The van der Waals surface area contributed by atoms with E-state index in [0.717, 1.165) is 5.56 Å². The Hall–Kier alpha value is -2.03. The topological polar surface area (TPSA) is 17.1 Å². The first-order valence-electron chi connectivity index (χ1n) is 6.10. The molecule has 0 heterocycles. The zero-order chi connectivity index (χ0) is 13.8. The van der Waals surface area contributed by atoms with E-state index in [1.54, 1.807) is 12.1 Å². The van der Waals surface area contributed by atoms with Crippen LogP contribution in [0, 0.1) is 17.6 Å². The summed E-state index contributed by atoms with van der Waals surface area (Å²) in [6, 6.07) is 11.6. The molecule has 98 valence electrons. The van der Waals surface area contributed by atoms with Gasteiger partial charge in [0, 0.05) is 11.5 Å². The molecule has 3 heteroatoms. The molecule has 0 aliphatic carbocycles. The van der Waals surface area contributed by atoms with Crippen LogP contribution < -0.4 is 0 Å². The van der Waals surface area contributed by atoms with Crippen LogP contribution >= 0.6 is 0 Å². The minimum absolute atomic E-state index is 0.0377. The van der Waals surface area contributed by atoms with E-state index >= 15 is 0 Å². The molecule has 0 bridgehead atoms. The van der Waals surface area contributed by atoms with Crippen molar-refractivity contribution in [3.63, 3.8) is 0 Å². The number of Topliss-reactive ketones (excluding diaryl/α,β-unsaturated/α-hetero) is 1. The smallest absolute Gasteiger partial charge is 0.165 e. The highest BCUT2D eigenvalue weighted by Crippen LogP contribution is 2.15. The van der Waals surface area contributed by atoms with E-state index in [4.69, 9.17) is 0 Å². The predicted octanol–water partition coefficient (Wildman–Crippen LogP) is 4.03. The highest BCUT2D eigenvalue weighted by molar-refractivity contribution is 5.97. The molecule has 19 heavy (non-hydrogen) atoms. The standard InChI is InChI=1S/C16H14F2O/c1-11(10-12-2-6-14(17)7-3-12)16(19)13-4-8-15(18)9-5-13/h2-9,11H,10H2,1H3/t11-/m1/s1. The van der Waals surface area contributed by atoms with Gasteiger partial charge in [-0.15, -0.1) is 0 Å². The van der Waals surface area contributed by atoms with Crippen LogP contribution in [-0.2, 0) is 6.42 Å². The van der Waals surface area contributed by atoms with Crippen molar-refractivity contribution in [2.45, 2.75) is 13.3 Å². The molecular weight excluding hydrogens is 246 g/mol. The summed E-state index contributed by atoms with van der Waals surface area (Å²) in [6.45, 7) is 1.81. The van der Waals surface area contributed by atoms with Gasteiger partial charge >= 0.3 is 0 Å². The number of halogens is 2. The van der Waals surface area contributed by atoms with Gasteiger partial charge in [-0.05, 0) is 48.4 Å². The lowest BCUT2D eigenvalue weighted by molar-refractivity contribution is 0.0929. The molecule has 0 aliphatic heterocycles. The third-order valence-electron chi connectivity index (χ3n) is 3.03. The molecule has 2 rings (SSSR count). The fourth-order valence-corrected chi connectivity index (χ4v) is 1.97. The van der Waals surface area contributed by atoms with Crippen LogP contribution in [0.3, 0.4) is 0 Å². The SMILES string of the molecule is C[C@H](Cc1ccc(F)cc1)C(=O)c1ccc(F)cc1. The van der Waals surface area contributed by atoms with Crippen molar-refractivity contribution in [3.05, 3.63) is 71.3 Å². The Morgan fingerprint density at radius 2 is 1.42 bits per heavy atom. The van der Waals surface area contributed by atoms with Crippen LogP contribution in [0.15, 0.2) is 48.5 Å². The minimum Gasteiger partial charge on any atom is -0.294 e. The lowest BCUT2D eigenvalue weighted by atomic mass is 9.93. The van der Waals surface area contributed by atoms with Crippen LogP contribution in [0.25, 0.3) is 0 Å². The van der Waals surface area contributed by atoms with Crippen LogP contribution in [0.4, 0.5) is 8.78 Å². The molecule has 0 spiro atoms. The molecule has 0 saturated carbocycles. The monoisotopic (exact) mass is 260 g/mol. The average molecular weight is 260 g/mol. The van der Waals surface area contributed by atoms with E-state index in [9.17, 15) is 13.6 Å². The van der Waals surface area contributed by atoms with Crippen molar-refractivity contribution in [1.82, 2.24) is 0 Å². The molecule has 2 aromatic carbocycles. The molecule has 1 atom stereocenters. The van der Waals surface area contributed by atoms with E-state index < -0.39 is 0 Å². The van der Waals surface area contributed by atoms with Crippen molar-refractivity contribution < 1.29 is 13.6 Å². The molecule has 0 radical (unpaired) electrons. The second kappa shape index (κ2) is 5.74. The molecule has 0 fully saturated rings. The molecule has 1 nitrogen and oxygen atoms in total. The summed E-state index contributed by atoms with van der Waals surface area (Å²) in [5.41, 5.74) is 1.40. The van der Waals surface area contributed by atoms with E-state index in [0.29, 0.717) is 12.0 Å². The number of rotatable bonds is 4. The Morgan fingerprint density at radius 1 is 0.947 bits per heavy atom. The number of hydrogen-bond acceptors (Lipinski definition) is 1. The summed E-state index contributed by atoms with van der Waals surface area (Å²) in [6.07, 6.45) is 0.538. The average Bonchev–Trinajstić information content (AvgIpc) is 2.41. The highest BCUT2D eigenvalue weighted by atomic mass is 19.1. The number of benzene rings is 2. The van der Waals surface area contributed by atoms with Crippen LogP contribution in [-0.4, -0.2) is 5.78 Å². The normalized spacial score (nSPS) is 12.2. The Bertz CT molecular complexity index is 558. The van der Waals surface area contributed by atoms with Gasteiger partial charge in [0.25, 0.3) is 0 Å². The Labute approximate surface area is 110 Å². The largest absolute Gasteiger partial charge is 0.294 e. The Kier molecular flexibility index (Phi) is 4.05. The molecule has 2 aromatic rings. The first-order valence-corrected chi connectivity index (χ1v) is 6.10. The van der Waals surface area contributed by atoms with Crippen molar-refractivity contribution in [2.24, 2.45) is 5.92 Å². The van der Waals surface area contributed by atoms with Crippen LogP contribution in [0.5, 0.6) is 0 Å². The van der Waals surface area contributed by atoms with E-state index in [1.165, 1.54) is 36.4 Å². The van der Waals surface area contributed by atoms with Gasteiger partial charge in [0.15, 0.2) is 5.78 Å². The van der Waals surface area contributed by atoms with Gasteiger partial charge in [0.1, 0.15) is 11.6 Å².